The molecule has 104 valence electrons. The topological polar surface area (TPSA) is 92.4 Å². The van der Waals surface area contributed by atoms with Crippen molar-refractivity contribution in [2.24, 2.45) is 5.73 Å². The molecule has 2 aromatic rings. The SMILES string of the molecule is NC(=O)c1cccc(CNCc2cc(C(=O)O)cs2)c1. The highest BCUT2D eigenvalue weighted by atomic mass is 32.1. The molecule has 20 heavy (non-hydrogen) atoms. The number of hydrogen-bond acceptors (Lipinski definition) is 4. The highest BCUT2D eigenvalue weighted by molar-refractivity contribution is 7.10. The molecule has 0 fully saturated rings. The molecule has 0 bridgehead atoms. The molecule has 6 heteroatoms. The molecule has 1 amide bonds. The number of amides is 1. The van der Waals surface area contributed by atoms with E-state index in [0.29, 0.717) is 24.2 Å². The summed E-state index contributed by atoms with van der Waals surface area (Å²) in [5.41, 5.74) is 6.96. The molecule has 0 saturated heterocycles. The summed E-state index contributed by atoms with van der Waals surface area (Å²) in [5, 5.41) is 13.6. The number of nitrogens with one attached hydrogen (secondary N) is 1. The molecule has 2 rings (SSSR count). The molecular weight excluding hydrogens is 276 g/mol. The van der Waals surface area contributed by atoms with Gasteiger partial charge >= 0.3 is 5.97 Å². The van der Waals surface area contributed by atoms with Gasteiger partial charge in [-0.2, -0.15) is 0 Å². The van der Waals surface area contributed by atoms with Gasteiger partial charge in [-0.1, -0.05) is 12.1 Å². The second kappa shape index (κ2) is 6.31. The van der Waals surface area contributed by atoms with Crippen molar-refractivity contribution in [3.05, 3.63) is 57.3 Å². The first-order chi connectivity index (χ1) is 9.56. The fourth-order valence-corrected chi connectivity index (χ4v) is 2.58. The third-order valence-electron chi connectivity index (χ3n) is 2.74. The lowest BCUT2D eigenvalue weighted by atomic mass is 10.1. The zero-order valence-corrected chi connectivity index (χ0v) is 11.4. The minimum absolute atomic E-state index is 0.308. The van der Waals surface area contributed by atoms with Crippen LogP contribution in [0.5, 0.6) is 0 Å². The Hall–Kier alpha value is -2.18. The van der Waals surface area contributed by atoms with Crippen LogP contribution in [0.4, 0.5) is 0 Å². The molecule has 0 aliphatic carbocycles. The van der Waals surface area contributed by atoms with E-state index >= 15 is 0 Å². The second-order valence-corrected chi connectivity index (χ2v) is 5.27. The highest BCUT2D eigenvalue weighted by Gasteiger charge is 2.06. The Labute approximate surface area is 120 Å². The summed E-state index contributed by atoms with van der Waals surface area (Å²) >= 11 is 1.40. The Morgan fingerprint density at radius 1 is 1.20 bits per heavy atom. The normalized spacial score (nSPS) is 10.4. The van der Waals surface area contributed by atoms with Crippen LogP contribution < -0.4 is 11.1 Å². The number of carbonyl (C=O) groups excluding carboxylic acids is 1. The predicted molar refractivity (Wildman–Crippen MR) is 76.8 cm³/mol. The second-order valence-electron chi connectivity index (χ2n) is 4.28. The summed E-state index contributed by atoms with van der Waals surface area (Å²) in [4.78, 5) is 22.8. The Morgan fingerprint density at radius 3 is 2.65 bits per heavy atom. The first kappa shape index (κ1) is 14.2. The minimum atomic E-state index is -0.915. The van der Waals surface area contributed by atoms with E-state index in [1.807, 2.05) is 6.07 Å². The van der Waals surface area contributed by atoms with E-state index in [1.165, 1.54) is 11.3 Å². The summed E-state index contributed by atoms with van der Waals surface area (Å²) in [7, 11) is 0. The third-order valence-corrected chi connectivity index (χ3v) is 3.68. The number of aromatic carboxylic acids is 1. The number of carboxylic acid groups (broad SMARTS) is 1. The maximum atomic E-state index is 11.1. The molecule has 4 N–H and O–H groups in total. The van der Waals surface area contributed by atoms with Gasteiger partial charge in [0.25, 0.3) is 0 Å². The van der Waals surface area contributed by atoms with Crippen molar-refractivity contribution in [1.82, 2.24) is 5.32 Å². The largest absolute Gasteiger partial charge is 0.478 e. The molecule has 0 aliphatic heterocycles. The van der Waals surface area contributed by atoms with Gasteiger partial charge in [-0.15, -0.1) is 11.3 Å². The zero-order chi connectivity index (χ0) is 14.5. The number of carboxylic acids is 1. The van der Waals surface area contributed by atoms with Crippen LogP contribution in [0.2, 0.25) is 0 Å². The van der Waals surface area contributed by atoms with E-state index in [-0.39, 0.29) is 0 Å². The van der Waals surface area contributed by atoms with Crippen LogP contribution in [-0.2, 0) is 13.1 Å². The molecule has 1 aromatic carbocycles. The van der Waals surface area contributed by atoms with Gasteiger partial charge in [-0.05, 0) is 23.8 Å². The average molecular weight is 290 g/mol. The highest BCUT2D eigenvalue weighted by Crippen LogP contribution is 2.14. The van der Waals surface area contributed by atoms with Crippen molar-refractivity contribution >= 4 is 23.2 Å². The fourth-order valence-electron chi connectivity index (χ4n) is 1.75. The van der Waals surface area contributed by atoms with E-state index in [0.717, 1.165) is 10.4 Å². The lowest BCUT2D eigenvalue weighted by Gasteiger charge is -2.04. The molecule has 1 heterocycles. The van der Waals surface area contributed by atoms with Crippen molar-refractivity contribution in [3.8, 4) is 0 Å². The standard InChI is InChI=1S/C14H14N2O3S/c15-13(17)10-3-1-2-9(4-10)6-16-7-12-5-11(8-20-12)14(18)19/h1-5,8,16H,6-7H2,(H2,15,17)(H,18,19). The predicted octanol–water partition coefficient (Wildman–Crippen LogP) is 1.83. The third kappa shape index (κ3) is 3.66. The Kier molecular flexibility index (Phi) is 4.49. The van der Waals surface area contributed by atoms with Gasteiger partial charge in [0, 0.05) is 28.9 Å². The van der Waals surface area contributed by atoms with Crippen LogP contribution in [0.25, 0.3) is 0 Å². The lowest BCUT2D eigenvalue weighted by Crippen LogP contribution is -2.14. The first-order valence-electron chi connectivity index (χ1n) is 5.96. The zero-order valence-electron chi connectivity index (χ0n) is 10.6. The number of carbonyl (C=O) groups is 2. The quantitative estimate of drug-likeness (QED) is 0.756. The molecular formula is C14H14N2O3S. The van der Waals surface area contributed by atoms with Crippen LogP contribution in [0.1, 0.15) is 31.2 Å². The number of hydrogen-bond donors (Lipinski definition) is 3. The maximum Gasteiger partial charge on any atom is 0.336 e. The van der Waals surface area contributed by atoms with Crippen molar-refractivity contribution in [3.63, 3.8) is 0 Å². The molecule has 5 nitrogen and oxygen atoms in total. The van der Waals surface area contributed by atoms with Crippen molar-refractivity contribution < 1.29 is 14.7 Å². The summed E-state index contributed by atoms with van der Waals surface area (Å²) in [6, 6.07) is 8.75. The van der Waals surface area contributed by atoms with E-state index in [4.69, 9.17) is 10.8 Å². The van der Waals surface area contributed by atoms with Crippen molar-refractivity contribution in [2.45, 2.75) is 13.1 Å². The molecule has 0 unspecified atom stereocenters. The van der Waals surface area contributed by atoms with Crippen LogP contribution in [0, 0.1) is 0 Å². The minimum Gasteiger partial charge on any atom is -0.478 e. The van der Waals surface area contributed by atoms with Gasteiger partial charge < -0.3 is 16.2 Å². The van der Waals surface area contributed by atoms with Gasteiger partial charge in [0.1, 0.15) is 0 Å². The number of benzene rings is 1. The number of rotatable bonds is 6. The molecule has 0 atom stereocenters. The van der Waals surface area contributed by atoms with E-state index < -0.39 is 11.9 Å². The van der Waals surface area contributed by atoms with E-state index in [2.05, 4.69) is 5.32 Å². The summed E-state index contributed by atoms with van der Waals surface area (Å²) < 4.78 is 0. The monoisotopic (exact) mass is 290 g/mol. The summed E-state index contributed by atoms with van der Waals surface area (Å²) in [5.74, 6) is -1.36. The maximum absolute atomic E-state index is 11.1. The number of thiophene rings is 1. The lowest BCUT2D eigenvalue weighted by molar-refractivity contribution is 0.0697. The van der Waals surface area contributed by atoms with Crippen LogP contribution in [-0.4, -0.2) is 17.0 Å². The van der Waals surface area contributed by atoms with Crippen LogP contribution >= 0.6 is 11.3 Å². The fraction of sp³-hybridized carbons (Fsp3) is 0.143. The number of primary amides is 1. The van der Waals surface area contributed by atoms with Gasteiger partial charge in [0.05, 0.1) is 5.56 Å². The van der Waals surface area contributed by atoms with Gasteiger partial charge in [0.2, 0.25) is 5.91 Å². The Morgan fingerprint density at radius 2 is 2.00 bits per heavy atom. The molecule has 0 spiro atoms. The van der Waals surface area contributed by atoms with Gasteiger partial charge in [-0.25, -0.2) is 4.79 Å². The van der Waals surface area contributed by atoms with Gasteiger partial charge in [0.15, 0.2) is 0 Å². The van der Waals surface area contributed by atoms with Crippen LogP contribution in [0.3, 0.4) is 0 Å². The smallest absolute Gasteiger partial charge is 0.336 e. The average Bonchev–Trinajstić information content (AvgIpc) is 2.88. The van der Waals surface area contributed by atoms with E-state index in [9.17, 15) is 9.59 Å². The summed E-state index contributed by atoms with van der Waals surface area (Å²) in [6.07, 6.45) is 0. The molecule has 1 aromatic heterocycles. The van der Waals surface area contributed by atoms with Crippen LogP contribution in [0.15, 0.2) is 35.7 Å². The van der Waals surface area contributed by atoms with Crippen molar-refractivity contribution in [2.75, 3.05) is 0 Å². The Bertz CT molecular complexity index is 637. The number of nitrogens with two attached hydrogens (primary N) is 1. The summed E-state index contributed by atoms with van der Waals surface area (Å²) in [6.45, 7) is 1.17. The van der Waals surface area contributed by atoms with Gasteiger partial charge in [-0.3, -0.25) is 4.79 Å². The first-order valence-corrected chi connectivity index (χ1v) is 6.84. The van der Waals surface area contributed by atoms with Crippen molar-refractivity contribution in [1.29, 1.82) is 0 Å². The molecule has 0 radical (unpaired) electrons. The van der Waals surface area contributed by atoms with E-state index in [1.54, 1.807) is 29.6 Å². The Balaban J connectivity index is 1.90. The molecule has 0 saturated carbocycles. The molecule has 0 aliphatic rings.